The molecule has 0 amide bonds. The zero-order chi connectivity index (χ0) is 6.24. The molecular weight excluding hydrogens is 124 g/mol. The van der Waals surface area contributed by atoms with E-state index in [9.17, 15) is 0 Å². The highest BCUT2D eigenvalue weighted by Crippen LogP contribution is 1.90. The first kappa shape index (κ1) is 8.27. The van der Waals surface area contributed by atoms with Crippen molar-refractivity contribution in [2.75, 3.05) is 32.5 Å². The quantitative estimate of drug-likeness (QED) is 0.414. The van der Waals surface area contributed by atoms with Crippen molar-refractivity contribution in [3.8, 4) is 0 Å². The van der Waals surface area contributed by atoms with Crippen LogP contribution in [0.2, 0.25) is 0 Å². The fraction of sp³-hybridized carbons (Fsp3) is 1.00. The Balaban J connectivity index is 2.53. The van der Waals surface area contributed by atoms with Crippen molar-refractivity contribution in [1.82, 2.24) is 0 Å². The normalized spacial score (nSPS) is 9.75. The van der Waals surface area contributed by atoms with Gasteiger partial charge >= 0.3 is 0 Å². The van der Waals surface area contributed by atoms with E-state index in [1.807, 2.05) is 6.26 Å². The van der Waals surface area contributed by atoms with Crippen LogP contribution in [0.5, 0.6) is 0 Å². The highest BCUT2D eigenvalue weighted by molar-refractivity contribution is 7.98. The van der Waals surface area contributed by atoms with Gasteiger partial charge in [-0.1, -0.05) is 0 Å². The molecule has 0 spiro atoms. The van der Waals surface area contributed by atoms with Crippen molar-refractivity contribution in [1.29, 1.82) is 0 Å². The summed E-state index contributed by atoms with van der Waals surface area (Å²) in [6, 6.07) is 0. The van der Waals surface area contributed by atoms with Crippen LogP contribution < -0.4 is 0 Å². The van der Waals surface area contributed by atoms with Crippen LogP contribution in [0, 0.1) is 0 Å². The van der Waals surface area contributed by atoms with E-state index < -0.39 is 0 Å². The van der Waals surface area contributed by atoms with Crippen molar-refractivity contribution in [2.24, 2.45) is 0 Å². The first-order chi connectivity index (χ1) is 3.91. The van der Waals surface area contributed by atoms with Crippen LogP contribution in [0.4, 0.5) is 0 Å². The predicted molar refractivity (Wildman–Crippen MR) is 36.2 cm³/mol. The van der Waals surface area contributed by atoms with Crippen LogP contribution in [0.25, 0.3) is 0 Å². The number of hydrogen-bond donors (Lipinski definition) is 0. The van der Waals surface area contributed by atoms with Crippen molar-refractivity contribution >= 4 is 11.8 Å². The van der Waals surface area contributed by atoms with Gasteiger partial charge in [-0.15, -0.1) is 11.8 Å². The summed E-state index contributed by atoms with van der Waals surface area (Å²) in [5.74, 6) is 0.767. The SMILES string of the molecule is COCCOCSC. The lowest BCUT2D eigenvalue weighted by molar-refractivity contribution is 0.0954. The molecule has 0 radical (unpaired) electrons. The molecule has 50 valence electrons. The Kier molecular flexibility index (Phi) is 7.52. The first-order valence-corrected chi connectivity index (χ1v) is 3.87. The lowest BCUT2D eigenvalue weighted by Gasteiger charge is -1.98. The summed E-state index contributed by atoms with van der Waals surface area (Å²) in [5.41, 5.74) is 0. The van der Waals surface area contributed by atoms with Gasteiger partial charge in [0.2, 0.25) is 0 Å². The fourth-order valence-corrected chi connectivity index (χ4v) is 0.569. The molecule has 0 fully saturated rings. The summed E-state index contributed by atoms with van der Waals surface area (Å²) in [7, 11) is 1.67. The van der Waals surface area contributed by atoms with Crippen molar-refractivity contribution in [3.05, 3.63) is 0 Å². The minimum absolute atomic E-state index is 0.695. The molecule has 8 heavy (non-hydrogen) atoms. The third-order valence-electron chi connectivity index (χ3n) is 0.633. The molecule has 0 saturated heterocycles. The third kappa shape index (κ3) is 6.27. The van der Waals surface area contributed by atoms with Crippen LogP contribution in [-0.4, -0.2) is 32.5 Å². The zero-order valence-corrected chi connectivity index (χ0v) is 6.16. The summed E-state index contributed by atoms with van der Waals surface area (Å²) >= 11 is 1.67. The molecule has 0 N–H and O–H groups in total. The first-order valence-electron chi connectivity index (χ1n) is 2.47. The minimum Gasteiger partial charge on any atom is -0.382 e. The van der Waals surface area contributed by atoms with Gasteiger partial charge in [-0.05, 0) is 6.26 Å². The van der Waals surface area contributed by atoms with Crippen molar-refractivity contribution in [3.63, 3.8) is 0 Å². The van der Waals surface area contributed by atoms with E-state index in [1.54, 1.807) is 18.9 Å². The summed E-state index contributed by atoms with van der Waals surface area (Å²) in [6.45, 7) is 1.40. The Morgan fingerprint density at radius 3 is 2.62 bits per heavy atom. The van der Waals surface area contributed by atoms with Gasteiger partial charge in [0.05, 0.1) is 19.2 Å². The van der Waals surface area contributed by atoms with E-state index in [2.05, 4.69) is 0 Å². The van der Waals surface area contributed by atoms with Crippen LogP contribution >= 0.6 is 11.8 Å². The molecule has 0 saturated carbocycles. The average molecular weight is 136 g/mol. The van der Waals surface area contributed by atoms with Gasteiger partial charge in [-0.3, -0.25) is 0 Å². The fourth-order valence-electron chi connectivity index (χ4n) is 0.285. The molecule has 3 heteroatoms. The molecule has 0 aliphatic heterocycles. The molecule has 0 unspecified atom stereocenters. The van der Waals surface area contributed by atoms with Gasteiger partial charge in [0.15, 0.2) is 0 Å². The topological polar surface area (TPSA) is 18.5 Å². The van der Waals surface area contributed by atoms with Gasteiger partial charge in [0.1, 0.15) is 0 Å². The minimum atomic E-state index is 0.695. The third-order valence-corrected chi connectivity index (χ3v) is 1.04. The summed E-state index contributed by atoms with van der Waals surface area (Å²) < 4.78 is 9.82. The van der Waals surface area contributed by atoms with Crippen molar-refractivity contribution in [2.45, 2.75) is 0 Å². The second-order valence-corrected chi connectivity index (χ2v) is 2.12. The van der Waals surface area contributed by atoms with E-state index in [0.29, 0.717) is 13.2 Å². The average Bonchev–Trinajstić information content (AvgIpc) is 1.81. The molecule has 0 atom stereocenters. The number of hydrogen-bond acceptors (Lipinski definition) is 3. The Morgan fingerprint density at radius 1 is 1.38 bits per heavy atom. The van der Waals surface area contributed by atoms with E-state index in [1.165, 1.54) is 0 Å². The van der Waals surface area contributed by atoms with Gasteiger partial charge in [0.25, 0.3) is 0 Å². The number of ether oxygens (including phenoxy) is 2. The Morgan fingerprint density at radius 2 is 2.12 bits per heavy atom. The second-order valence-electron chi connectivity index (χ2n) is 1.31. The molecule has 0 heterocycles. The second kappa shape index (κ2) is 7.27. The Bertz CT molecular complexity index is 35.4. The maximum absolute atomic E-state index is 5.06. The summed E-state index contributed by atoms with van der Waals surface area (Å²) in [6.07, 6.45) is 2.01. The molecule has 0 aliphatic carbocycles. The molecule has 2 nitrogen and oxygen atoms in total. The summed E-state index contributed by atoms with van der Waals surface area (Å²) in [5, 5.41) is 0. The zero-order valence-electron chi connectivity index (χ0n) is 5.35. The van der Waals surface area contributed by atoms with E-state index >= 15 is 0 Å². The maximum Gasteiger partial charge on any atom is 0.0919 e. The van der Waals surface area contributed by atoms with E-state index in [0.717, 1.165) is 5.94 Å². The van der Waals surface area contributed by atoms with Crippen molar-refractivity contribution < 1.29 is 9.47 Å². The van der Waals surface area contributed by atoms with Crippen LogP contribution in [-0.2, 0) is 9.47 Å². The van der Waals surface area contributed by atoms with Gasteiger partial charge in [-0.25, -0.2) is 0 Å². The van der Waals surface area contributed by atoms with Gasteiger partial charge in [0, 0.05) is 7.11 Å². The highest BCUT2D eigenvalue weighted by Gasteiger charge is 1.81. The van der Waals surface area contributed by atoms with Crippen LogP contribution in [0.3, 0.4) is 0 Å². The molecular formula is C5H12O2S. The molecule has 0 aromatic rings. The monoisotopic (exact) mass is 136 g/mol. The van der Waals surface area contributed by atoms with Gasteiger partial charge < -0.3 is 9.47 Å². The molecule has 0 rings (SSSR count). The maximum atomic E-state index is 5.06. The van der Waals surface area contributed by atoms with Crippen LogP contribution in [0.15, 0.2) is 0 Å². The Labute approximate surface area is 54.5 Å². The number of rotatable bonds is 5. The highest BCUT2D eigenvalue weighted by atomic mass is 32.2. The number of methoxy groups -OCH3 is 1. The Hall–Kier alpha value is 0.270. The molecule has 0 bridgehead atoms. The van der Waals surface area contributed by atoms with E-state index in [4.69, 9.17) is 9.47 Å². The molecule has 0 aliphatic rings. The van der Waals surface area contributed by atoms with Gasteiger partial charge in [-0.2, -0.15) is 0 Å². The number of thioether (sulfide) groups is 1. The molecule has 0 aromatic carbocycles. The standard InChI is InChI=1S/C5H12O2S/c1-6-3-4-7-5-8-2/h3-5H2,1-2H3. The smallest absolute Gasteiger partial charge is 0.0919 e. The predicted octanol–water partition coefficient (Wildman–Crippen LogP) is 0.970. The van der Waals surface area contributed by atoms with Crippen LogP contribution in [0.1, 0.15) is 0 Å². The van der Waals surface area contributed by atoms with E-state index in [-0.39, 0.29) is 0 Å². The summed E-state index contributed by atoms with van der Waals surface area (Å²) in [4.78, 5) is 0. The lowest BCUT2D eigenvalue weighted by Crippen LogP contribution is -2.00. The largest absolute Gasteiger partial charge is 0.382 e. The molecule has 0 aromatic heterocycles. The lowest BCUT2D eigenvalue weighted by atomic mass is 10.8.